The van der Waals surface area contributed by atoms with Crippen LogP contribution in [0.1, 0.15) is 37.8 Å². The van der Waals surface area contributed by atoms with Crippen molar-refractivity contribution in [3.63, 3.8) is 0 Å². The Morgan fingerprint density at radius 2 is 2.19 bits per heavy atom. The van der Waals surface area contributed by atoms with Crippen molar-refractivity contribution in [1.29, 1.82) is 0 Å². The molecule has 0 radical (unpaired) electrons. The predicted molar refractivity (Wildman–Crippen MR) is 66.4 cm³/mol. The molecule has 0 saturated carbocycles. The first-order chi connectivity index (χ1) is 7.74. The molecule has 1 aromatic carbocycles. The first-order valence-corrected chi connectivity index (χ1v) is 5.78. The molecule has 1 atom stereocenters. The third-order valence-electron chi connectivity index (χ3n) is 3.01. The van der Waals surface area contributed by atoms with Crippen molar-refractivity contribution < 1.29 is 5.11 Å². The molecule has 3 nitrogen and oxygen atoms in total. The van der Waals surface area contributed by atoms with E-state index in [1.165, 1.54) is 0 Å². The largest absolute Gasteiger partial charge is 0.507 e. The van der Waals surface area contributed by atoms with E-state index < -0.39 is 0 Å². The number of unbranched alkanes of at least 4 members (excludes halogenated alkanes) is 1. The minimum Gasteiger partial charge on any atom is -0.507 e. The van der Waals surface area contributed by atoms with Gasteiger partial charge < -0.3 is 15.8 Å². The highest BCUT2D eigenvalue weighted by molar-refractivity contribution is 5.87. The van der Waals surface area contributed by atoms with E-state index in [2.05, 4.69) is 11.9 Å². The Hall–Kier alpha value is -1.48. The summed E-state index contributed by atoms with van der Waals surface area (Å²) < 4.78 is 0. The zero-order valence-corrected chi connectivity index (χ0v) is 9.53. The lowest BCUT2D eigenvalue weighted by Crippen LogP contribution is -2.10. The fraction of sp³-hybridized carbons (Fsp3) is 0.385. The van der Waals surface area contributed by atoms with Gasteiger partial charge in [-0.2, -0.15) is 0 Å². The summed E-state index contributed by atoms with van der Waals surface area (Å²) in [6.45, 7) is 2.14. The molecule has 0 aliphatic heterocycles. The molecule has 1 unspecified atom stereocenters. The number of hydrogen-bond donors (Lipinski definition) is 3. The highest BCUT2D eigenvalue weighted by atomic mass is 16.3. The summed E-state index contributed by atoms with van der Waals surface area (Å²) in [4.78, 5) is 3.07. The van der Waals surface area contributed by atoms with Crippen LogP contribution >= 0.6 is 0 Å². The monoisotopic (exact) mass is 218 g/mol. The molecule has 0 aliphatic rings. The number of nitrogens with one attached hydrogen (secondary N) is 1. The van der Waals surface area contributed by atoms with E-state index in [1.54, 1.807) is 0 Å². The number of aromatic nitrogens is 1. The Labute approximate surface area is 95.3 Å². The smallest absolute Gasteiger partial charge is 0.129 e. The minimum atomic E-state index is -0.0701. The number of H-pyrrole nitrogens is 1. The third-order valence-corrected chi connectivity index (χ3v) is 3.01. The lowest BCUT2D eigenvalue weighted by molar-refractivity contribution is 0.463. The standard InChI is InChI=1S/C13H18N2O/c1-2-3-4-11(14)9-5-6-12-10(13(9)16)7-8-15-12/h5-8,11,15-16H,2-4,14H2,1H3. The van der Waals surface area contributed by atoms with E-state index in [-0.39, 0.29) is 6.04 Å². The van der Waals surface area contributed by atoms with Crippen molar-refractivity contribution in [1.82, 2.24) is 4.98 Å². The minimum absolute atomic E-state index is 0.0701. The Morgan fingerprint density at radius 3 is 2.94 bits per heavy atom. The number of fused-ring (bicyclic) bond motifs is 1. The van der Waals surface area contributed by atoms with E-state index in [1.807, 2.05) is 24.4 Å². The number of nitrogens with two attached hydrogens (primary N) is 1. The third kappa shape index (κ3) is 1.91. The van der Waals surface area contributed by atoms with Crippen LogP contribution in [-0.2, 0) is 0 Å². The second-order valence-electron chi connectivity index (χ2n) is 4.19. The van der Waals surface area contributed by atoms with Crippen molar-refractivity contribution in [3.05, 3.63) is 30.0 Å². The molecule has 3 heteroatoms. The quantitative estimate of drug-likeness (QED) is 0.738. The predicted octanol–water partition coefficient (Wildman–Crippen LogP) is 3.06. The van der Waals surface area contributed by atoms with Crippen LogP contribution in [0.25, 0.3) is 10.9 Å². The van der Waals surface area contributed by atoms with Crippen LogP contribution in [0.2, 0.25) is 0 Å². The van der Waals surface area contributed by atoms with Gasteiger partial charge in [0.15, 0.2) is 0 Å². The number of aromatic hydroxyl groups is 1. The molecule has 2 rings (SSSR count). The number of benzene rings is 1. The maximum absolute atomic E-state index is 10.1. The lowest BCUT2D eigenvalue weighted by Gasteiger charge is -2.13. The summed E-state index contributed by atoms with van der Waals surface area (Å²) in [6, 6.07) is 5.69. The molecule has 2 aromatic rings. The molecule has 0 aliphatic carbocycles. The Kier molecular flexibility index (Phi) is 3.15. The number of phenolic OH excluding ortho intramolecular Hbond substituents is 1. The zero-order valence-electron chi connectivity index (χ0n) is 9.53. The van der Waals surface area contributed by atoms with Crippen LogP contribution in [0.5, 0.6) is 5.75 Å². The van der Waals surface area contributed by atoms with Crippen LogP contribution < -0.4 is 5.73 Å². The summed E-state index contributed by atoms with van der Waals surface area (Å²) in [5, 5.41) is 11.0. The van der Waals surface area contributed by atoms with E-state index in [4.69, 9.17) is 5.73 Å². The highest BCUT2D eigenvalue weighted by Crippen LogP contribution is 2.32. The van der Waals surface area contributed by atoms with Crippen LogP contribution in [0.15, 0.2) is 24.4 Å². The average Bonchev–Trinajstić information content (AvgIpc) is 2.75. The van der Waals surface area contributed by atoms with Crippen LogP contribution in [0, 0.1) is 0 Å². The second kappa shape index (κ2) is 4.58. The molecule has 1 heterocycles. The van der Waals surface area contributed by atoms with Crippen molar-refractivity contribution >= 4 is 10.9 Å². The van der Waals surface area contributed by atoms with Crippen molar-refractivity contribution in [3.8, 4) is 5.75 Å². The summed E-state index contributed by atoms with van der Waals surface area (Å²) in [7, 11) is 0. The van der Waals surface area contributed by atoms with E-state index in [9.17, 15) is 5.11 Å². The van der Waals surface area contributed by atoms with Crippen LogP contribution in [0.3, 0.4) is 0 Å². The van der Waals surface area contributed by atoms with E-state index >= 15 is 0 Å². The van der Waals surface area contributed by atoms with Gasteiger partial charge in [0, 0.05) is 28.7 Å². The van der Waals surface area contributed by atoms with E-state index in [0.717, 1.165) is 35.7 Å². The molecule has 0 fully saturated rings. The molecule has 0 spiro atoms. The van der Waals surface area contributed by atoms with Gasteiger partial charge in [0.05, 0.1) is 0 Å². The fourth-order valence-electron chi connectivity index (χ4n) is 2.01. The first kappa shape index (κ1) is 11.0. The van der Waals surface area contributed by atoms with Gasteiger partial charge in [-0.25, -0.2) is 0 Å². The Bertz CT molecular complexity index is 476. The van der Waals surface area contributed by atoms with Gasteiger partial charge in [-0.3, -0.25) is 0 Å². The molecule has 0 amide bonds. The van der Waals surface area contributed by atoms with Crippen LogP contribution in [-0.4, -0.2) is 10.1 Å². The van der Waals surface area contributed by atoms with Gasteiger partial charge in [0.25, 0.3) is 0 Å². The summed E-state index contributed by atoms with van der Waals surface area (Å²) in [5.41, 5.74) is 7.87. The topological polar surface area (TPSA) is 62.0 Å². The number of hydrogen-bond acceptors (Lipinski definition) is 2. The van der Waals surface area contributed by atoms with Crippen molar-refractivity contribution in [2.75, 3.05) is 0 Å². The van der Waals surface area contributed by atoms with Gasteiger partial charge in [-0.15, -0.1) is 0 Å². The summed E-state index contributed by atoms with van der Waals surface area (Å²) in [6.07, 6.45) is 4.96. The van der Waals surface area contributed by atoms with Gasteiger partial charge >= 0.3 is 0 Å². The van der Waals surface area contributed by atoms with Gasteiger partial charge in [0.2, 0.25) is 0 Å². The Balaban J connectivity index is 2.33. The van der Waals surface area contributed by atoms with Gasteiger partial charge in [-0.1, -0.05) is 25.8 Å². The lowest BCUT2D eigenvalue weighted by atomic mass is 9.99. The number of phenols is 1. The first-order valence-electron chi connectivity index (χ1n) is 5.78. The molecule has 1 aromatic heterocycles. The maximum atomic E-state index is 10.1. The molecule has 16 heavy (non-hydrogen) atoms. The van der Waals surface area contributed by atoms with Crippen LogP contribution in [0.4, 0.5) is 0 Å². The zero-order chi connectivity index (χ0) is 11.5. The molecule has 0 bridgehead atoms. The molecule has 86 valence electrons. The second-order valence-corrected chi connectivity index (χ2v) is 4.19. The van der Waals surface area contributed by atoms with Gasteiger partial charge in [-0.05, 0) is 18.6 Å². The molecule has 0 saturated heterocycles. The van der Waals surface area contributed by atoms with Crippen molar-refractivity contribution in [2.24, 2.45) is 5.73 Å². The molecule has 4 N–H and O–H groups in total. The highest BCUT2D eigenvalue weighted by Gasteiger charge is 2.13. The maximum Gasteiger partial charge on any atom is 0.129 e. The normalized spacial score (nSPS) is 13.1. The average molecular weight is 218 g/mol. The summed E-state index contributed by atoms with van der Waals surface area (Å²) >= 11 is 0. The number of rotatable bonds is 4. The van der Waals surface area contributed by atoms with Gasteiger partial charge in [0.1, 0.15) is 5.75 Å². The fourth-order valence-corrected chi connectivity index (χ4v) is 2.01. The van der Waals surface area contributed by atoms with Crippen molar-refractivity contribution in [2.45, 2.75) is 32.2 Å². The van der Waals surface area contributed by atoms with E-state index in [0.29, 0.717) is 5.75 Å². The molecular weight excluding hydrogens is 200 g/mol. The number of aromatic amines is 1. The summed E-state index contributed by atoms with van der Waals surface area (Å²) in [5.74, 6) is 0.322. The SMILES string of the molecule is CCCCC(N)c1ccc2[nH]ccc2c1O. The molecular formula is C13H18N2O. The Morgan fingerprint density at radius 1 is 1.38 bits per heavy atom.